The molecule has 0 saturated carbocycles. The van der Waals surface area contributed by atoms with Gasteiger partial charge in [-0.3, -0.25) is 0 Å². The molecule has 0 bridgehead atoms. The smallest absolute Gasteiger partial charge is 0.136 e. The highest BCUT2D eigenvalue weighted by Gasteiger charge is 2.37. The molecule has 0 radical (unpaired) electrons. The molecule has 0 unspecified atom stereocenters. The maximum atomic E-state index is 6.89. The number of benzene rings is 9. The predicted molar refractivity (Wildman–Crippen MR) is 220 cm³/mol. The lowest BCUT2D eigenvalue weighted by molar-refractivity contribution is 0.633. The van der Waals surface area contributed by atoms with Crippen LogP contribution in [0.4, 0.5) is 0 Å². The number of rotatable bonds is 3. The van der Waals surface area contributed by atoms with Gasteiger partial charge in [0.2, 0.25) is 0 Å². The van der Waals surface area contributed by atoms with E-state index in [-0.39, 0.29) is 5.41 Å². The summed E-state index contributed by atoms with van der Waals surface area (Å²) in [5.74, 6) is 0.891. The first-order valence-corrected chi connectivity index (χ1v) is 18.2. The van der Waals surface area contributed by atoms with Crippen LogP contribution in [-0.4, -0.2) is 0 Å². The second-order valence-electron chi connectivity index (χ2n) is 14.8. The van der Waals surface area contributed by atoms with Crippen LogP contribution in [0.15, 0.2) is 174 Å². The Morgan fingerprint density at radius 1 is 0.346 bits per heavy atom. The molecule has 0 amide bonds. The molecule has 1 heterocycles. The van der Waals surface area contributed by atoms with Gasteiger partial charge in [0.1, 0.15) is 11.3 Å². The Labute approximate surface area is 302 Å². The normalized spacial score (nSPS) is 13.3. The van der Waals surface area contributed by atoms with Crippen molar-refractivity contribution in [3.8, 4) is 44.7 Å². The third-order valence-corrected chi connectivity index (χ3v) is 11.7. The second-order valence-corrected chi connectivity index (χ2v) is 14.8. The van der Waals surface area contributed by atoms with Crippen LogP contribution < -0.4 is 0 Å². The van der Waals surface area contributed by atoms with Gasteiger partial charge in [0, 0.05) is 16.4 Å². The van der Waals surface area contributed by atoms with E-state index in [1.165, 1.54) is 87.6 Å². The minimum Gasteiger partial charge on any atom is -0.456 e. The van der Waals surface area contributed by atoms with Gasteiger partial charge in [-0.1, -0.05) is 172 Å². The van der Waals surface area contributed by atoms with Crippen LogP contribution in [0.5, 0.6) is 0 Å². The van der Waals surface area contributed by atoms with Crippen LogP contribution in [0, 0.1) is 0 Å². The Kier molecular flexibility index (Phi) is 6.08. The highest BCUT2D eigenvalue weighted by atomic mass is 16.3. The second kappa shape index (κ2) is 10.8. The van der Waals surface area contributed by atoms with Crippen LogP contribution in [0.2, 0.25) is 0 Å². The SMILES string of the molecule is CC1(C)c2ccccc2-c2c(-c3c4ccccc4c(-c4cc5c(ccc6c(-c7cccc8ccccc78)cccc65)o4)c4ccccc34)cccc21. The fraction of sp³-hybridized carbons (Fsp3) is 0.0588. The van der Waals surface area contributed by atoms with Crippen molar-refractivity contribution in [2.45, 2.75) is 19.3 Å². The molecular weight excluding hydrogens is 629 g/mol. The van der Waals surface area contributed by atoms with Gasteiger partial charge in [-0.15, -0.1) is 0 Å². The Morgan fingerprint density at radius 3 is 1.63 bits per heavy atom. The van der Waals surface area contributed by atoms with Gasteiger partial charge in [0.15, 0.2) is 0 Å². The van der Waals surface area contributed by atoms with E-state index in [0.29, 0.717) is 0 Å². The Hall–Kier alpha value is -6.44. The van der Waals surface area contributed by atoms with Gasteiger partial charge in [-0.05, 0) is 99.7 Å². The quantitative estimate of drug-likeness (QED) is 0.172. The summed E-state index contributed by atoms with van der Waals surface area (Å²) in [5.41, 5.74) is 12.5. The minimum absolute atomic E-state index is 0.0714. The minimum atomic E-state index is -0.0714. The molecule has 0 saturated heterocycles. The lowest BCUT2D eigenvalue weighted by atomic mass is 9.81. The summed E-state index contributed by atoms with van der Waals surface area (Å²) in [5, 5.41) is 10.9. The molecule has 0 atom stereocenters. The average molecular weight is 663 g/mol. The zero-order valence-corrected chi connectivity index (χ0v) is 29.1. The van der Waals surface area contributed by atoms with Crippen molar-refractivity contribution in [2.24, 2.45) is 0 Å². The van der Waals surface area contributed by atoms with Gasteiger partial charge in [0.25, 0.3) is 0 Å². The fourth-order valence-electron chi connectivity index (χ4n) is 9.34. The highest BCUT2D eigenvalue weighted by molar-refractivity contribution is 6.23. The number of furan rings is 1. The average Bonchev–Trinajstić information content (AvgIpc) is 3.73. The van der Waals surface area contributed by atoms with Gasteiger partial charge in [-0.2, -0.15) is 0 Å². The first kappa shape index (κ1) is 29.3. The Morgan fingerprint density at radius 2 is 0.865 bits per heavy atom. The Bertz CT molecular complexity index is 3040. The van der Waals surface area contributed by atoms with Crippen molar-refractivity contribution in [1.82, 2.24) is 0 Å². The predicted octanol–water partition coefficient (Wildman–Crippen LogP) is 14.4. The van der Waals surface area contributed by atoms with E-state index >= 15 is 0 Å². The molecule has 1 heteroatoms. The zero-order valence-electron chi connectivity index (χ0n) is 29.1. The van der Waals surface area contributed by atoms with Gasteiger partial charge in [0.05, 0.1) is 0 Å². The van der Waals surface area contributed by atoms with E-state index in [1.54, 1.807) is 0 Å². The van der Waals surface area contributed by atoms with Crippen LogP contribution in [-0.2, 0) is 5.41 Å². The monoisotopic (exact) mass is 662 g/mol. The summed E-state index contributed by atoms with van der Waals surface area (Å²) >= 11 is 0. The van der Waals surface area contributed by atoms with Crippen molar-refractivity contribution >= 4 is 54.1 Å². The van der Waals surface area contributed by atoms with Crippen molar-refractivity contribution in [2.75, 3.05) is 0 Å². The standard InChI is InChI=1S/C51H34O/c1-51(2)44-26-10-9-21-41(44)49-42(25-13-27-45(49)51)48-37-17-5-7-19-39(37)50(40-20-8-6-18-38(40)48)47-30-43-35-24-12-23-34(36(35)28-29-46(43)52-47)33-22-11-15-31-14-3-4-16-32(31)33/h3-30H,1-2H3. The molecule has 0 spiro atoms. The van der Waals surface area contributed by atoms with E-state index in [0.717, 1.165) is 22.3 Å². The molecule has 11 rings (SSSR count). The van der Waals surface area contributed by atoms with E-state index in [2.05, 4.69) is 184 Å². The first-order valence-electron chi connectivity index (χ1n) is 18.2. The van der Waals surface area contributed by atoms with E-state index in [1.807, 2.05) is 0 Å². The summed E-state index contributed by atoms with van der Waals surface area (Å²) in [6.45, 7) is 4.72. The van der Waals surface area contributed by atoms with Crippen molar-refractivity contribution in [3.63, 3.8) is 0 Å². The molecule has 1 aliphatic rings. The van der Waals surface area contributed by atoms with E-state index in [9.17, 15) is 0 Å². The summed E-state index contributed by atoms with van der Waals surface area (Å²) in [6.07, 6.45) is 0. The summed E-state index contributed by atoms with van der Waals surface area (Å²) in [7, 11) is 0. The Balaban J connectivity index is 1.18. The molecule has 1 aromatic heterocycles. The largest absolute Gasteiger partial charge is 0.456 e. The molecule has 0 fully saturated rings. The summed E-state index contributed by atoms with van der Waals surface area (Å²) in [4.78, 5) is 0. The van der Waals surface area contributed by atoms with Crippen LogP contribution in [0.1, 0.15) is 25.0 Å². The fourth-order valence-corrected chi connectivity index (χ4v) is 9.34. The summed E-state index contributed by atoms with van der Waals surface area (Å²) in [6, 6.07) is 62.2. The number of hydrogen-bond acceptors (Lipinski definition) is 1. The maximum Gasteiger partial charge on any atom is 0.136 e. The molecular formula is C51H34O. The summed E-state index contributed by atoms with van der Waals surface area (Å²) < 4.78 is 6.89. The van der Waals surface area contributed by atoms with E-state index < -0.39 is 0 Å². The maximum absolute atomic E-state index is 6.89. The molecule has 9 aromatic carbocycles. The molecule has 52 heavy (non-hydrogen) atoms. The topological polar surface area (TPSA) is 13.1 Å². The van der Waals surface area contributed by atoms with Crippen molar-refractivity contribution in [3.05, 3.63) is 181 Å². The van der Waals surface area contributed by atoms with Gasteiger partial charge >= 0.3 is 0 Å². The van der Waals surface area contributed by atoms with E-state index in [4.69, 9.17) is 4.42 Å². The lowest BCUT2D eigenvalue weighted by Crippen LogP contribution is -2.14. The van der Waals surface area contributed by atoms with Crippen LogP contribution in [0.3, 0.4) is 0 Å². The van der Waals surface area contributed by atoms with Crippen molar-refractivity contribution < 1.29 is 4.42 Å². The van der Waals surface area contributed by atoms with Gasteiger partial charge < -0.3 is 4.42 Å². The molecule has 1 nitrogen and oxygen atoms in total. The highest BCUT2D eigenvalue weighted by Crippen LogP contribution is 2.54. The molecule has 10 aromatic rings. The zero-order chi connectivity index (χ0) is 34.6. The first-order chi connectivity index (χ1) is 25.6. The third-order valence-electron chi connectivity index (χ3n) is 11.7. The lowest BCUT2D eigenvalue weighted by Gasteiger charge is -2.22. The molecule has 0 N–H and O–H groups in total. The number of fused-ring (bicyclic) bond motifs is 9. The molecule has 1 aliphatic carbocycles. The van der Waals surface area contributed by atoms with Crippen molar-refractivity contribution in [1.29, 1.82) is 0 Å². The van der Waals surface area contributed by atoms with Crippen LogP contribution >= 0.6 is 0 Å². The number of hydrogen-bond donors (Lipinski definition) is 0. The van der Waals surface area contributed by atoms with Gasteiger partial charge in [-0.25, -0.2) is 0 Å². The molecule has 244 valence electrons. The van der Waals surface area contributed by atoms with Crippen LogP contribution in [0.25, 0.3) is 98.8 Å². The third kappa shape index (κ3) is 3.99. The molecule has 0 aliphatic heterocycles.